The Bertz CT molecular complexity index is 2180. The predicted octanol–water partition coefficient (Wildman–Crippen LogP) is 7.07. The van der Waals surface area contributed by atoms with Gasteiger partial charge in [-0.2, -0.15) is 13.2 Å². The Kier molecular flexibility index (Phi) is 12.3. The van der Waals surface area contributed by atoms with Crippen LogP contribution in [0.15, 0.2) is 64.5 Å². The summed E-state index contributed by atoms with van der Waals surface area (Å²) < 4.78 is 68.9. The van der Waals surface area contributed by atoms with Gasteiger partial charge < -0.3 is 21.1 Å². The van der Waals surface area contributed by atoms with Gasteiger partial charge >= 0.3 is 11.9 Å². The molecule has 0 radical (unpaired) electrons. The summed E-state index contributed by atoms with van der Waals surface area (Å²) in [4.78, 5) is 33.4. The molecule has 2 saturated heterocycles. The molecule has 2 aromatic carbocycles. The van der Waals surface area contributed by atoms with Crippen LogP contribution in [-0.2, 0) is 9.84 Å². The van der Waals surface area contributed by atoms with Crippen LogP contribution < -0.4 is 16.0 Å². The first-order chi connectivity index (χ1) is 28.2. The zero-order valence-electron chi connectivity index (χ0n) is 34.5. The van der Waals surface area contributed by atoms with Gasteiger partial charge in [0, 0.05) is 69.3 Å². The van der Waals surface area contributed by atoms with E-state index < -0.39 is 49.6 Å². The number of aliphatic hydroxyl groups is 1. The molecule has 7 rings (SSSR count). The zero-order valence-corrected chi connectivity index (χ0v) is 35.3. The topological polar surface area (TPSA) is 175 Å². The number of nitro groups is 1. The fourth-order valence-electron chi connectivity index (χ4n) is 9.99. The molecule has 4 N–H and O–H groups in total. The number of hydrogen-bond donors (Lipinski definition) is 3. The Morgan fingerprint density at radius 2 is 1.73 bits per heavy atom. The third kappa shape index (κ3) is 9.43. The Balaban J connectivity index is 1.04. The second-order valence-corrected chi connectivity index (χ2v) is 20.0. The van der Waals surface area contributed by atoms with Crippen molar-refractivity contribution in [3.05, 3.63) is 81.5 Å². The van der Waals surface area contributed by atoms with Crippen molar-refractivity contribution < 1.29 is 36.4 Å². The highest BCUT2D eigenvalue weighted by Crippen LogP contribution is 2.53. The van der Waals surface area contributed by atoms with Gasteiger partial charge in [-0.05, 0) is 105 Å². The molecule has 3 heterocycles. The highest BCUT2D eigenvalue weighted by molar-refractivity contribution is 7.91. The monoisotopic (exact) mass is 855 g/mol. The first-order valence-electron chi connectivity index (χ1n) is 20.9. The van der Waals surface area contributed by atoms with E-state index in [1.807, 2.05) is 12.1 Å². The van der Waals surface area contributed by atoms with Crippen LogP contribution in [-0.4, -0.2) is 103 Å². The molecule has 2 aliphatic heterocycles. The quantitative estimate of drug-likeness (QED) is 0.126. The predicted molar refractivity (Wildman–Crippen MR) is 222 cm³/mol. The molecule has 1 spiro atoms. The number of alkyl halides is 3. The van der Waals surface area contributed by atoms with Gasteiger partial charge in [-0.15, -0.1) is 0 Å². The number of pyridine rings is 1. The third-order valence-electron chi connectivity index (χ3n) is 13.5. The highest BCUT2D eigenvalue weighted by atomic mass is 32.2. The van der Waals surface area contributed by atoms with Crippen LogP contribution >= 0.6 is 0 Å². The summed E-state index contributed by atoms with van der Waals surface area (Å²) in [6.07, 6.45) is 2.95. The number of carbonyl (C=O) groups is 1. The van der Waals surface area contributed by atoms with E-state index >= 15 is 0 Å². The lowest BCUT2D eigenvalue weighted by Crippen LogP contribution is -2.60. The van der Waals surface area contributed by atoms with Crippen molar-refractivity contribution in [2.45, 2.75) is 112 Å². The van der Waals surface area contributed by atoms with E-state index in [2.05, 4.69) is 46.1 Å². The molecule has 17 heteroatoms. The van der Waals surface area contributed by atoms with Crippen LogP contribution in [0.4, 0.5) is 30.4 Å². The molecule has 4 fully saturated rings. The molecule has 326 valence electrons. The zero-order chi connectivity index (χ0) is 43.2. The smallest absolute Gasteiger partial charge is 0.390 e. The van der Waals surface area contributed by atoms with E-state index in [9.17, 15) is 41.6 Å². The number of piperidine rings is 1. The number of anilines is 2. The number of amides is 1. The molecule has 1 amide bonds. The van der Waals surface area contributed by atoms with Gasteiger partial charge in [-0.1, -0.05) is 38.1 Å². The first kappa shape index (κ1) is 43.8. The van der Waals surface area contributed by atoms with Crippen molar-refractivity contribution in [1.82, 2.24) is 14.8 Å². The van der Waals surface area contributed by atoms with Gasteiger partial charge in [0.2, 0.25) is 21.6 Å². The molecule has 13 nitrogen and oxygen atoms in total. The molecule has 60 heavy (non-hydrogen) atoms. The van der Waals surface area contributed by atoms with Gasteiger partial charge in [0.1, 0.15) is 0 Å². The molecule has 1 aromatic heterocycles. The minimum Gasteiger partial charge on any atom is -0.390 e. The van der Waals surface area contributed by atoms with Crippen LogP contribution in [0.2, 0.25) is 0 Å². The first-order valence-corrected chi connectivity index (χ1v) is 22.4. The number of nitrogens with two attached hydrogens (primary N) is 1. The lowest BCUT2D eigenvalue weighted by Gasteiger charge is -2.58. The third-order valence-corrected chi connectivity index (χ3v) is 15.3. The van der Waals surface area contributed by atoms with Gasteiger partial charge in [-0.25, -0.2) is 13.4 Å². The number of halogens is 3. The summed E-state index contributed by atoms with van der Waals surface area (Å²) in [5.41, 5.74) is 7.03. The Morgan fingerprint density at radius 3 is 2.37 bits per heavy atom. The molecular formula is C43H56F3N7O6S. The summed E-state index contributed by atoms with van der Waals surface area (Å²) in [7, 11) is -4.51. The highest BCUT2D eigenvalue weighted by Gasteiger charge is 2.50. The van der Waals surface area contributed by atoms with Crippen LogP contribution in [0.3, 0.4) is 0 Å². The minimum atomic E-state index is -4.51. The Labute approximate surface area is 349 Å². The Hall–Kier alpha value is -4.32. The molecule has 4 aliphatic rings. The van der Waals surface area contributed by atoms with Crippen LogP contribution in [0.5, 0.6) is 0 Å². The molecule has 0 unspecified atom stereocenters. The maximum atomic E-state index is 14.2. The summed E-state index contributed by atoms with van der Waals surface area (Å²) in [6, 6.07) is 13.6. The number of rotatable bonds is 12. The minimum absolute atomic E-state index is 0.0469. The largest absolute Gasteiger partial charge is 0.401 e. The molecule has 2 saturated carbocycles. The lowest BCUT2D eigenvalue weighted by atomic mass is 9.59. The van der Waals surface area contributed by atoms with Gasteiger partial charge in [0.25, 0.3) is 0 Å². The van der Waals surface area contributed by atoms with E-state index in [1.54, 1.807) is 13.0 Å². The summed E-state index contributed by atoms with van der Waals surface area (Å²) in [5, 5.41) is 25.4. The normalized spacial score (nSPS) is 24.4. The number of hydrogen-bond acceptors (Lipinski definition) is 11. The van der Waals surface area contributed by atoms with Crippen LogP contribution in [0.1, 0.15) is 106 Å². The van der Waals surface area contributed by atoms with E-state index in [4.69, 9.17) is 5.73 Å². The standard InChI is InChI=1S/C43H56F3N7O6S/c1-28(2)33-6-4-5-7-34(33)37-26-50(27-43(44,45)46)18-19-52(37)31-22-42(23-31)14-16-51(17-15-42)30-8-9-35(39(47)54)38(20-30)60(58,59)32-21-36(53(56)57)40(49-25-32)48-24-29-10-12-41(3,55)13-11-29/h4-9,20-21,25,28-29,31,37,55H,10-19,22-24,26-27H2,1-3H3,(H2,47,54)(H,48,49)/t29?,37-,41?/m0/s1. The van der Waals surface area contributed by atoms with E-state index in [1.165, 1.54) is 17.0 Å². The SMILES string of the molecule is CC(C)c1ccccc1[C@@H]1CN(CC(F)(F)F)CCN1C1CC2(CCN(c3ccc(C(N)=O)c(S(=O)(=O)c4cnc(NCC5CCC(C)(O)CC5)c([N+](=O)[O-])c4)c3)CC2)C1. The molecule has 3 aromatic rings. The van der Waals surface area contributed by atoms with Gasteiger partial charge in [0.05, 0.1) is 32.4 Å². The number of aromatic nitrogens is 1. The van der Waals surface area contributed by atoms with Crippen molar-refractivity contribution in [2.75, 3.05) is 56.0 Å². The van der Waals surface area contributed by atoms with Crippen molar-refractivity contribution in [1.29, 1.82) is 0 Å². The molecule has 1 atom stereocenters. The van der Waals surface area contributed by atoms with Gasteiger partial charge in [0.15, 0.2) is 0 Å². The number of carbonyl (C=O) groups excluding carboxylic acids is 1. The summed E-state index contributed by atoms with van der Waals surface area (Å²) in [5.74, 6) is -0.646. The number of piperazine rings is 1. The average Bonchev–Trinajstić information content (AvgIpc) is 3.18. The van der Waals surface area contributed by atoms with Gasteiger partial charge in [-0.3, -0.25) is 24.7 Å². The van der Waals surface area contributed by atoms with Crippen molar-refractivity contribution in [3.63, 3.8) is 0 Å². The molecule has 2 aliphatic carbocycles. The maximum absolute atomic E-state index is 14.2. The van der Waals surface area contributed by atoms with E-state index in [0.717, 1.165) is 61.9 Å². The van der Waals surface area contributed by atoms with E-state index in [-0.39, 0.29) is 45.6 Å². The van der Waals surface area contributed by atoms with Crippen molar-refractivity contribution >= 4 is 32.9 Å². The number of primary amides is 1. The second-order valence-electron chi connectivity index (χ2n) is 18.1. The van der Waals surface area contributed by atoms with Crippen LogP contribution in [0.25, 0.3) is 0 Å². The fourth-order valence-corrected chi connectivity index (χ4v) is 11.4. The lowest BCUT2D eigenvalue weighted by molar-refractivity contribution is -0.384. The molecule has 0 bridgehead atoms. The summed E-state index contributed by atoms with van der Waals surface area (Å²) in [6.45, 7) is 7.89. The second kappa shape index (κ2) is 16.9. The summed E-state index contributed by atoms with van der Waals surface area (Å²) >= 11 is 0. The van der Waals surface area contributed by atoms with Crippen LogP contribution in [0, 0.1) is 21.4 Å². The number of nitrogens with zero attached hydrogens (tertiary/aromatic N) is 5. The number of nitrogens with one attached hydrogen (secondary N) is 1. The van der Waals surface area contributed by atoms with E-state index in [0.29, 0.717) is 57.8 Å². The number of benzene rings is 2. The number of sulfone groups is 1. The van der Waals surface area contributed by atoms with Crippen molar-refractivity contribution in [2.24, 2.45) is 17.1 Å². The van der Waals surface area contributed by atoms with Crippen molar-refractivity contribution in [3.8, 4) is 0 Å². The maximum Gasteiger partial charge on any atom is 0.401 e. The average molecular weight is 856 g/mol. The molecular weight excluding hydrogens is 800 g/mol. The Morgan fingerprint density at radius 1 is 1.05 bits per heavy atom. The fraction of sp³-hybridized carbons (Fsp3) is 0.581.